The summed E-state index contributed by atoms with van der Waals surface area (Å²) in [6.07, 6.45) is 2.76. The minimum absolute atomic E-state index is 0.00641. The Labute approximate surface area is 108 Å². The fraction of sp³-hybridized carbons (Fsp3) is 0.571. The van der Waals surface area contributed by atoms with Gasteiger partial charge in [0.05, 0.1) is 11.8 Å². The first-order valence-corrected chi connectivity index (χ1v) is 6.34. The number of aromatic nitrogens is 1. The van der Waals surface area contributed by atoms with Crippen LogP contribution in [0.5, 0.6) is 5.75 Å². The number of amides is 1. The van der Waals surface area contributed by atoms with Gasteiger partial charge in [0, 0.05) is 12.7 Å². The van der Waals surface area contributed by atoms with Crippen LogP contribution >= 0.6 is 0 Å². The summed E-state index contributed by atoms with van der Waals surface area (Å²) in [5, 5.41) is 12.2. The van der Waals surface area contributed by atoms with Crippen molar-refractivity contribution in [2.24, 2.45) is 17.8 Å². The van der Waals surface area contributed by atoms with Crippen LogP contribution in [-0.2, 0) is 0 Å². The van der Waals surface area contributed by atoms with Gasteiger partial charge in [0.2, 0.25) is 0 Å². The molecule has 0 aliphatic heterocycles. The summed E-state index contributed by atoms with van der Waals surface area (Å²) in [6.45, 7) is 9.28. The van der Waals surface area contributed by atoms with E-state index in [1.54, 1.807) is 0 Å². The predicted molar refractivity (Wildman–Crippen MR) is 71.4 cm³/mol. The largest absolute Gasteiger partial charge is 0.506 e. The Morgan fingerprint density at radius 2 is 1.89 bits per heavy atom. The zero-order chi connectivity index (χ0) is 13.7. The van der Waals surface area contributed by atoms with Crippen molar-refractivity contribution in [2.45, 2.75) is 27.7 Å². The van der Waals surface area contributed by atoms with E-state index in [4.69, 9.17) is 0 Å². The van der Waals surface area contributed by atoms with Crippen molar-refractivity contribution in [1.82, 2.24) is 10.3 Å². The first-order valence-electron chi connectivity index (χ1n) is 6.34. The second-order valence-corrected chi connectivity index (χ2v) is 5.29. The number of pyridine rings is 1. The quantitative estimate of drug-likeness (QED) is 0.843. The summed E-state index contributed by atoms with van der Waals surface area (Å²) in [4.78, 5) is 15.7. The summed E-state index contributed by atoms with van der Waals surface area (Å²) >= 11 is 0. The van der Waals surface area contributed by atoms with Crippen molar-refractivity contribution in [3.63, 3.8) is 0 Å². The highest BCUT2D eigenvalue weighted by atomic mass is 16.3. The molecule has 0 radical (unpaired) electrons. The van der Waals surface area contributed by atoms with Gasteiger partial charge in [-0.25, -0.2) is 0 Å². The average molecular weight is 250 g/mol. The fourth-order valence-electron chi connectivity index (χ4n) is 2.11. The van der Waals surface area contributed by atoms with E-state index < -0.39 is 0 Å². The first-order chi connectivity index (χ1) is 8.41. The maximum absolute atomic E-state index is 11.9. The van der Waals surface area contributed by atoms with E-state index in [0.29, 0.717) is 29.9 Å². The third-order valence-corrected chi connectivity index (χ3v) is 3.20. The molecule has 0 spiro atoms. The fourth-order valence-corrected chi connectivity index (χ4v) is 2.11. The SMILES string of the molecule is CC(C)C(CNC(=O)c1cncc(O)c1)C(C)C. The highest BCUT2D eigenvalue weighted by molar-refractivity contribution is 5.94. The Morgan fingerprint density at radius 3 is 2.39 bits per heavy atom. The van der Waals surface area contributed by atoms with E-state index in [-0.39, 0.29) is 11.7 Å². The third-order valence-electron chi connectivity index (χ3n) is 3.20. The number of rotatable bonds is 5. The van der Waals surface area contributed by atoms with E-state index in [1.807, 2.05) is 0 Å². The van der Waals surface area contributed by atoms with Gasteiger partial charge in [-0.3, -0.25) is 9.78 Å². The Balaban J connectivity index is 2.60. The van der Waals surface area contributed by atoms with E-state index in [1.165, 1.54) is 18.5 Å². The standard InChI is InChI=1S/C14H22N2O2/c1-9(2)13(10(3)4)8-16-14(18)11-5-12(17)7-15-6-11/h5-7,9-10,13,17H,8H2,1-4H3,(H,16,18). The van der Waals surface area contributed by atoms with Gasteiger partial charge in [-0.1, -0.05) is 27.7 Å². The zero-order valence-corrected chi connectivity index (χ0v) is 11.5. The van der Waals surface area contributed by atoms with E-state index in [2.05, 4.69) is 38.0 Å². The predicted octanol–water partition coefficient (Wildman–Crippen LogP) is 2.45. The van der Waals surface area contributed by atoms with Crippen LogP contribution in [0, 0.1) is 17.8 Å². The summed E-state index contributed by atoms with van der Waals surface area (Å²) in [6, 6.07) is 1.42. The van der Waals surface area contributed by atoms with Crippen LogP contribution in [0.3, 0.4) is 0 Å². The van der Waals surface area contributed by atoms with Crippen molar-refractivity contribution >= 4 is 5.91 Å². The molecule has 0 atom stereocenters. The van der Waals surface area contributed by atoms with Gasteiger partial charge in [-0.15, -0.1) is 0 Å². The number of hydrogen-bond donors (Lipinski definition) is 2. The molecule has 0 unspecified atom stereocenters. The molecule has 1 heterocycles. The van der Waals surface area contributed by atoms with Crippen molar-refractivity contribution in [3.8, 4) is 5.75 Å². The van der Waals surface area contributed by atoms with Crippen LogP contribution in [0.15, 0.2) is 18.5 Å². The lowest BCUT2D eigenvalue weighted by molar-refractivity contribution is 0.0936. The third kappa shape index (κ3) is 4.02. The second kappa shape index (κ2) is 6.38. The molecule has 0 bridgehead atoms. The van der Waals surface area contributed by atoms with Crippen LogP contribution in [0.2, 0.25) is 0 Å². The average Bonchev–Trinajstić information content (AvgIpc) is 2.28. The van der Waals surface area contributed by atoms with Crippen molar-refractivity contribution in [1.29, 1.82) is 0 Å². The van der Waals surface area contributed by atoms with Crippen LogP contribution in [0.25, 0.3) is 0 Å². The Morgan fingerprint density at radius 1 is 1.28 bits per heavy atom. The van der Waals surface area contributed by atoms with E-state index >= 15 is 0 Å². The molecule has 0 saturated carbocycles. The lowest BCUT2D eigenvalue weighted by atomic mass is 9.85. The van der Waals surface area contributed by atoms with Gasteiger partial charge < -0.3 is 10.4 Å². The maximum Gasteiger partial charge on any atom is 0.252 e. The summed E-state index contributed by atoms with van der Waals surface area (Å²) in [5.74, 6) is 1.30. The molecule has 1 aromatic heterocycles. The van der Waals surface area contributed by atoms with Gasteiger partial charge in [0.1, 0.15) is 5.75 Å². The zero-order valence-electron chi connectivity index (χ0n) is 11.5. The molecule has 2 N–H and O–H groups in total. The van der Waals surface area contributed by atoms with Gasteiger partial charge >= 0.3 is 0 Å². The molecule has 1 rings (SSSR count). The topological polar surface area (TPSA) is 62.2 Å². The molecular weight excluding hydrogens is 228 g/mol. The summed E-state index contributed by atoms with van der Waals surface area (Å²) in [5.41, 5.74) is 0.390. The maximum atomic E-state index is 11.9. The number of nitrogens with zero attached hydrogens (tertiary/aromatic N) is 1. The van der Waals surface area contributed by atoms with Gasteiger partial charge in [0.15, 0.2) is 0 Å². The number of nitrogens with one attached hydrogen (secondary N) is 1. The van der Waals surface area contributed by atoms with E-state index in [9.17, 15) is 9.90 Å². The van der Waals surface area contributed by atoms with Crippen molar-refractivity contribution in [3.05, 3.63) is 24.0 Å². The number of hydrogen-bond acceptors (Lipinski definition) is 3. The summed E-state index contributed by atoms with van der Waals surface area (Å²) < 4.78 is 0. The molecule has 0 aromatic carbocycles. The van der Waals surface area contributed by atoms with Crippen LogP contribution in [0.4, 0.5) is 0 Å². The number of carbonyl (C=O) groups is 1. The summed E-state index contributed by atoms with van der Waals surface area (Å²) in [7, 11) is 0. The van der Waals surface area contributed by atoms with Gasteiger partial charge in [-0.05, 0) is 23.8 Å². The Hall–Kier alpha value is -1.58. The van der Waals surface area contributed by atoms with Crippen LogP contribution in [-0.4, -0.2) is 22.5 Å². The molecule has 4 nitrogen and oxygen atoms in total. The van der Waals surface area contributed by atoms with Crippen LogP contribution in [0.1, 0.15) is 38.1 Å². The van der Waals surface area contributed by atoms with Crippen molar-refractivity contribution in [2.75, 3.05) is 6.54 Å². The minimum atomic E-state index is -0.190. The molecular formula is C14H22N2O2. The molecule has 0 aliphatic carbocycles. The first kappa shape index (κ1) is 14.5. The second-order valence-electron chi connectivity index (χ2n) is 5.29. The van der Waals surface area contributed by atoms with Gasteiger partial charge in [-0.2, -0.15) is 0 Å². The van der Waals surface area contributed by atoms with E-state index in [0.717, 1.165) is 0 Å². The highest BCUT2D eigenvalue weighted by Crippen LogP contribution is 2.19. The lowest BCUT2D eigenvalue weighted by Gasteiger charge is -2.25. The molecule has 0 saturated heterocycles. The number of aromatic hydroxyl groups is 1. The monoisotopic (exact) mass is 250 g/mol. The normalized spacial score (nSPS) is 11.3. The molecule has 1 aromatic rings. The molecule has 1 amide bonds. The molecule has 0 fully saturated rings. The van der Waals surface area contributed by atoms with Crippen molar-refractivity contribution < 1.29 is 9.90 Å². The Kier molecular flexibility index (Phi) is 5.13. The minimum Gasteiger partial charge on any atom is -0.506 e. The molecule has 4 heteroatoms. The molecule has 100 valence electrons. The number of carbonyl (C=O) groups excluding carboxylic acids is 1. The molecule has 0 aliphatic rings. The van der Waals surface area contributed by atoms with Gasteiger partial charge in [0.25, 0.3) is 5.91 Å². The molecule has 18 heavy (non-hydrogen) atoms. The smallest absolute Gasteiger partial charge is 0.252 e. The van der Waals surface area contributed by atoms with Crippen LogP contribution < -0.4 is 5.32 Å². The Bertz CT molecular complexity index is 395. The highest BCUT2D eigenvalue weighted by Gasteiger charge is 2.18. The lowest BCUT2D eigenvalue weighted by Crippen LogP contribution is -2.33.